The van der Waals surface area contributed by atoms with Crippen LogP contribution in [0.5, 0.6) is 0 Å². The number of non-ortho nitro benzene ring substituents is 1. The predicted octanol–water partition coefficient (Wildman–Crippen LogP) is 1.57. The van der Waals surface area contributed by atoms with E-state index in [4.69, 9.17) is 5.26 Å². The predicted molar refractivity (Wildman–Crippen MR) is 65.4 cm³/mol. The Bertz CT molecular complexity index is 545. The fraction of sp³-hybridized carbons (Fsp3) is 0.182. The maximum absolute atomic E-state index is 11.0. The highest BCUT2D eigenvalue weighted by Crippen LogP contribution is 2.12. The molecule has 19 heavy (non-hydrogen) atoms. The van der Waals surface area contributed by atoms with E-state index in [0.717, 1.165) is 0 Å². The fourth-order valence-corrected chi connectivity index (χ4v) is 1.16. The van der Waals surface area contributed by atoms with Gasteiger partial charge < -0.3 is 4.74 Å². The Balaban J connectivity index is 2.86. The summed E-state index contributed by atoms with van der Waals surface area (Å²) in [6.07, 6.45) is -0.780. The van der Waals surface area contributed by atoms with Crippen molar-refractivity contribution < 1.29 is 14.5 Å². The van der Waals surface area contributed by atoms with Gasteiger partial charge in [-0.05, 0) is 19.1 Å². The van der Waals surface area contributed by atoms with Gasteiger partial charge in [0.25, 0.3) is 5.69 Å². The van der Waals surface area contributed by atoms with Gasteiger partial charge in [-0.25, -0.2) is 10.2 Å². The van der Waals surface area contributed by atoms with E-state index in [-0.39, 0.29) is 18.0 Å². The highest BCUT2D eigenvalue weighted by atomic mass is 16.6. The molecule has 0 aliphatic rings. The average molecular weight is 262 g/mol. The summed E-state index contributed by atoms with van der Waals surface area (Å²) in [6.45, 7) is 1.81. The number of nitrogens with one attached hydrogen (secondary N) is 1. The molecule has 0 unspecified atom stereocenters. The summed E-state index contributed by atoms with van der Waals surface area (Å²) < 4.78 is 4.57. The third-order valence-electron chi connectivity index (χ3n) is 1.99. The fourth-order valence-electron chi connectivity index (χ4n) is 1.16. The molecular weight excluding hydrogens is 252 g/mol. The van der Waals surface area contributed by atoms with Crippen LogP contribution in [0.4, 0.5) is 10.5 Å². The van der Waals surface area contributed by atoms with Crippen molar-refractivity contribution in [2.45, 2.75) is 6.92 Å². The molecule has 0 aliphatic heterocycles. The zero-order valence-corrected chi connectivity index (χ0v) is 9.99. The Morgan fingerprint density at radius 3 is 2.63 bits per heavy atom. The largest absolute Gasteiger partial charge is 0.449 e. The van der Waals surface area contributed by atoms with E-state index in [1.165, 1.54) is 24.3 Å². The van der Waals surface area contributed by atoms with Gasteiger partial charge in [0.2, 0.25) is 0 Å². The molecule has 8 heteroatoms. The molecule has 0 radical (unpaired) electrons. The summed E-state index contributed by atoms with van der Waals surface area (Å²) in [6, 6.07) is 7.00. The number of hydrogen-bond donors (Lipinski definition) is 1. The molecule has 0 saturated heterocycles. The summed E-state index contributed by atoms with van der Waals surface area (Å²) in [5.74, 6) is 0. The van der Waals surface area contributed by atoms with E-state index < -0.39 is 11.0 Å². The second-order valence-corrected chi connectivity index (χ2v) is 3.21. The van der Waals surface area contributed by atoms with Crippen molar-refractivity contribution in [3.05, 3.63) is 39.9 Å². The molecule has 0 aliphatic carbocycles. The standard InChI is InChI=1S/C11H10N4O4/c1-2-19-11(16)14-13-10(7-12)8-3-5-9(6-4-8)15(17)18/h3-6H,2H2,1H3,(H,14,16). The lowest BCUT2D eigenvalue weighted by atomic mass is 10.1. The van der Waals surface area contributed by atoms with E-state index in [1.54, 1.807) is 13.0 Å². The smallest absolute Gasteiger partial charge is 0.427 e. The van der Waals surface area contributed by atoms with Gasteiger partial charge in [0.1, 0.15) is 6.07 Å². The lowest BCUT2D eigenvalue weighted by Crippen LogP contribution is -2.20. The number of nitriles is 1. The number of rotatable bonds is 4. The molecule has 0 bridgehead atoms. The van der Waals surface area contributed by atoms with Gasteiger partial charge in [0, 0.05) is 17.7 Å². The van der Waals surface area contributed by atoms with Crippen molar-refractivity contribution in [3.63, 3.8) is 0 Å². The van der Waals surface area contributed by atoms with Crippen molar-refractivity contribution in [2.75, 3.05) is 6.61 Å². The van der Waals surface area contributed by atoms with Crippen LogP contribution in [0.3, 0.4) is 0 Å². The Hall–Kier alpha value is -2.95. The molecule has 0 aromatic heterocycles. The number of carbonyl (C=O) groups is 1. The van der Waals surface area contributed by atoms with Crippen molar-refractivity contribution in [1.82, 2.24) is 5.43 Å². The Labute approximate surface area is 108 Å². The molecule has 8 nitrogen and oxygen atoms in total. The van der Waals surface area contributed by atoms with Crippen LogP contribution in [-0.2, 0) is 4.74 Å². The van der Waals surface area contributed by atoms with Crippen LogP contribution >= 0.6 is 0 Å². The monoisotopic (exact) mass is 262 g/mol. The van der Waals surface area contributed by atoms with Crippen molar-refractivity contribution in [3.8, 4) is 6.07 Å². The molecule has 0 spiro atoms. The number of hydrazone groups is 1. The SMILES string of the molecule is CCOC(=O)NN=C(C#N)c1ccc([N+](=O)[O-])cc1. The molecular formula is C11H10N4O4. The quantitative estimate of drug-likeness (QED) is 0.502. The average Bonchev–Trinajstić information content (AvgIpc) is 2.40. The van der Waals surface area contributed by atoms with Gasteiger partial charge in [0.15, 0.2) is 5.71 Å². The van der Waals surface area contributed by atoms with Crippen molar-refractivity contribution in [1.29, 1.82) is 5.26 Å². The number of benzene rings is 1. The van der Waals surface area contributed by atoms with Crippen molar-refractivity contribution in [2.24, 2.45) is 5.10 Å². The van der Waals surface area contributed by atoms with E-state index in [1.807, 2.05) is 5.43 Å². The molecule has 0 atom stereocenters. The molecule has 1 amide bonds. The van der Waals surface area contributed by atoms with Gasteiger partial charge in [-0.3, -0.25) is 10.1 Å². The normalized spacial score (nSPS) is 10.4. The molecule has 1 aromatic rings. The van der Waals surface area contributed by atoms with Crippen LogP contribution in [-0.4, -0.2) is 23.3 Å². The second-order valence-electron chi connectivity index (χ2n) is 3.21. The molecule has 0 heterocycles. The third-order valence-corrected chi connectivity index (χ3v) is 1.99. The molecule has 1 aromatic carbocycles. The lowest BCUT2D eigenvalue weighted by Gasteiger charge is -2.01. The first-order valence-electron chi connectivity index (χ1n) is 5.23. The minimum Gasteiger partial charge on any atom is -0.449 e. The maximum Gasteiger partial charge on any atom is 0.427 e. The summed E-state index contributed by atoms with van der Waals surface area (Å²) >= 11 is 0. The number of carbonyl (C=O) groups excluding carboxylic acids is 1. The van der Waals surface area contributed by atoms with Crippen LogP contribution < -0.4 is 5.43 Å². The van der Waals surface area contributed by atoms with Crippen LogP contribution in [0.2, 0.25) is 0 Å². The Morgan fingerprint density at radius 2 is 2.16 bits per heavy atom. The maximum atomic E-state index is 11.0. The van der Waals surface area contributed by atoms with Crippen LogP contribution in [0, 0.1) is 21.4 Å². The van der Waals surface area contributed by atoms with E-state index in [0.29, 0.717) is 5.56 Å². The Kier molecular flexibility index (Phi) is 4.98. The first-order chi connectivity index (χ1) is 9.08. The zero-order chi connectivity index (χ0) is 14.3. The van der Waals surface area contributed by atoms with E-state index in [9.17, 15) is 14.9 Å². The van der Waals surface area contributed by atoms with Gasteiger partial charge in [-0.1, -0.05) is 0 Å². The van der Waals surface area contributed by atoms with Crippen LogP contribution in [0.15, 0.2) is 29.4 Å². The number of nitro benzene ring substituents is 1. The topological polar surface area (TPSA) is 118 Å². The van der Waals surface area contributed by atoms with E-state index >= 15 is 0 Å². The lowest BCUT2D eigenvalue weighted by molar-refractivity contribution is -0.384. The van der Waals surface area contributed by atoms with Gasteiger partial charge in [-0.15, -0.1) is 0 Å². The minimum atomic E-state index is -0.780. The summed E-state index contributed by atoms with van der Waals surface area (Å²) in [7, 11) is 0. The zero-order valence-electron chi connectivity index (χ0n) is 9.99. The summed E-state index contributed by atoms with van der Waals surface area (Å²) in [4.78, 5) is 20.9. The van der Waals surface area contributed by atoms with Gasteiger partial charge in [0.05, 0.1) is 11.5 Å². The molecule has 1 rings (SSSR count). The van der Waals surface area contributed by atoms with E-state index in [2.05, 4.69) is 9.84 Å². The first kappa shape index (κ1) is 14.1. The molecule has 0 fully saturated rings. The van der Waals surface area contributed by atoms with Gasteiger partial charge >= 0.3 is 6.09 Å². The molecule has 1 N–H and O–H groups in total. The number of nitro groups is 1. The van der Waals surface area contributed by atoms with Crippen LogP contribution in [0.25, 0.3) is 0 Å². The van der Waals surface area contributed by atoms with Gasteiger partial charge in [-0.2, -0.15) is 10.4 Å². The summed E-state index contributed by atoms with van der Waals surface area (Å²) in [5.41, 5.74) is 2.21. The second kappa shape index (κ2) is 6.70. The Morgan fingerprint density at radius 1 is 1.53 bits per heavy atom. The van der Waals surface area contributed by atoms with Crippen LogP contribution in [0.1, 0.15) is 12.5 Å². The first-order valence-corrected chi connectivity index (χ1v) is 5.23. The number of nitrogens with zero attached hydrogens (tertiary/aromatic N) is 3. The number of ether oxygens (including phenoxy) is 1. The van der Waals surface area contributed by atoms with Crippen molar-refractivity contribution >= 4 is 17.5 Å². The molecule has 0 saturated carbocycles. The highest BCUT2D eigenvalue weighted by Gasteiger charge is 2.08. The third kappa shape index (κ3) is 4.08. The highest BCUT2D eigenvalue weighted by molar-refractivity contribution is 6.11. The minimum absolute atomic E-state index is 0.0806. The number of amides is 1. The summed E-state index contributed by atoms with van der Waals surface area (Å²) in [5, 5.41) is 22.9. The number of hydrogen-bond acceptors (Lipinski definition) is 6. The molecule has 98 valence electrons.